The summed E-state index contributed by atoms with van der Waals surface area (Å²) in [6.07, 6.45) is 0.534. The number of β-amino-alcohol motifs (C(OH)–C–C–N with tert-alkyl or cyclic N) is 1. The van der Waals surface area contributed by atoms with E-state index in [1.54, 1.807) is 18.7 Å². The molecule has 4 nitrogen and oxygen atoms in total. The molecule has 4 heteroatoms. The SMILES string of the molecule is CC(C)(O)CN1CC(CN)CC1=O. The van der Waals surface area contributed by atoms with Gasteiger partial charge in [-0.05, 0) is 26.3 Å². The fraction of sp³-hybridized carbons (Fsp3) is 0.889. The molecule has 1 fully saturated rings. The normalized spacial score (nSPS) is 24.2. The summed E-state index contributed by atoms with van der Waals surface area (Å²) in [7, 11) is 0. The van der Waals surface area contributed by atoms with Crippen molar-refractivity contribution in [1.82, 2.24) is 4.90 Å². The van der Waals surface area contributed by atoms with Crippen molar-refractivity contribution < 1.29 is 9.90 Å². The second kappa shape index (κ2) is 3.64. The van der Waals surface area contributed by atoms with Crippen LogP contribution < -0.4 is 5.73 Å². The van der Waals surface area contributed by atoms with Crippen LogP contribution in [0.15, 0.2) is 0 Å². The maximum Gasteiger partial charge on any atom is 0.223 e. The van der Waals surface area contributed by atoms with Gasteiger partial charge in [0.05, 0.1) is 5.60 Å². The lowest BCUT2D eigenvalue weighted by Gasteiger charge is -2.25. The number of carbonyl (C=O) groups excluding carboxylic acids is 1. The Labute approximate surface area is 78.7 Å². The largest absolute Gasteiger partial charge is 0.389 e. The van der Waals surface area contributed by atoms with E-state index in [0.717, 1.165) is 0 Å². The summed E-state index contributed by atoms with van der Waals surface area (Å²) in [5.74, 6) is 0.382. The Kier molecular flexibility index (Phi) is 2.93. The summed E-state index contributed by atoms with van der Waals surface area (Å²) in [5, 5.41) is 9.53. The predicted molar refractivity (Wildman–Crippen MR) is 50.0 cm³/mol. The van der Waals surface area contributed by atoms with Crippen LogP contribution in [0.4, 0.5) is 0 Å². The number of nitrogens with two attached hydrogens (primary N) is 1. The van der Waals surface area contributed by atoms with Gasteiger partial charge in [-0.15, -0.1) is 0 Å². The van der Waals surface area contributed by atoms with Crippen molar-refractivity contribution in [3.63, 3.8) is 0 Å². The lowest BCUT2D eigenvalue weighted by atomic mass is 10.1. The molecule has 0 bridgehead atoms. The van der Waals surface area contributed by atoms with Gasteiger partial charge in [-0.1, -0.05) is 0 Å². The number of amides is 1. The molecule has 0 aromatic carbocycles. The van der Waals surface area contributed by atoms with Crippen molar-refractivity contribution in [2.45, 2.75) is 25.9 Å². The Morgan fingerprint density at radius 2 is 2.31 bits per heavy atom. The van der Waals surface area contributed by atoms with Gasteiger partial charge in [0.1, 0.15) is 0 Å². The van der Waals surface area contributed by atoms with Crippen LogP contribution in [0.3, 0.4) is 0 Å². The Balaban J connectivity index is 2.49. The molecule has 1 atom stereocenters. The molecule has 1 aliphatic heterocycles. The van der Waals surface area contributed by atoms with E-state index in [2.05, 4.69) is 0 Å². The van der Waals surface area contributed by atoms with E-state index in [4.69, 9.17) is 5.73 Å². The van der Waals surface area contributed by atoms with Gasteiger partial charge in [-0.25, -0.2) is 0 Å². The highest BCUT2D eigenvalue weighted by molar-refractivity contribution is 5.78. The van der Waals surface area contributed by atoms with Gasteiger partial charge in [0.25, 0.3) is 0 Å². The Hall–Kier alpha value is -0.610. The third kappa shape index (κ3) is 2.97. The van der Waals surface area contributed by atoms with E-state index in [9.17, 15) is 9.90 Å². The molecule has 0 saturated carbocycles. The minimum atomic E-state index is -0.806. The number of likely N-dealkylation sites (tertiary alicyclic amines) is 1. The van der Waals surface area contributed by atoms with Crippen LogP contribution in [0.1, 0.15) is 20.3 Å². The second-order valence-electron chi connectivity index (χ2n) is 4.39. The Bertz CT molecular complexity index is 198. The van der Waals surface area contributed by atoms with E-state index in [1.807, 2.05) is 0 Å². The highest BCUT2D eigenvalue weighted by Crippen LogP contribution is 2.18. The summed E-state index contributed by atoms with van der Waals surface area (Å²) >= 11 is 0. The molecule has 1 heterocycles. The zero-order valence-electron chi connectivity index (χ0n) is 8.29. The van der Waals surface area contributed by atoms with Crippen molar-refractivity contribution in [3.8, 4) is 0 Å². The highest BCUT2D eigenvalue weighted by atomic mass is 16.3. The molecule has 1 saturated heterocycles. The molecule has 1 aliphatic rings. The van der Waals surface area contributed by atoms with E-state index < -0.39 is 5.60 Å². The summed E-state index contributed by atoms with van der Waals surface area (Å²) in [5.41, 5.74) is 4.67. The molecule has 0 aromatic heterocycles. The smallest absolute Gasteiger partial charge is 0.223 e. The first-order valence-electron chi connectivity index (χ1n) is 4.62. The first-order valence-corrected chi connectivity index (χ1v) is 4.62. The predicted octanol–water partition coefficient (Wildman–Crippen LogP) is -0.435. The number of carbonyl (C=O) groups is 1. The fourth-order valence-corrected chi connectivity index (χ4v) is 1.63. The van der Waals surface area contributed by atoms with E-state index in [-0.39, 0.29) is 11.8 Å². The molecule has 13 heavy (non-hydrogen) atoms. The molecule has 0 radical (unpaired) electrons. The van der Waals surface area contributed by atoms with Crippen LogP contribution in [0, 0.1) is 5.92 Å². The molecular weight excluding hydrogens is 168 g/mol. The van der Waals surface area contributed by atoms with Gasteiger partial charge in [0.2, 0.25) is 5.91 Å². The fourth-order valence-electron chi connectivity index (χ4n) is 1.63. The molecule has 1 amide bonds. The zero-order valence-corrected chi connectivity index (χ0v) is 8.29. The molecule has 0 spiro atoms. The highest BCUT2D eigenvalue weighted by Gasteiger charge is 2.31. The number of nitrogens with zero attached hydrogens (tertiary/aromatic N) is 1. The number of rotatable bonds is 3. The van der Waals surface area contributed by atoms with Crippen LogP contribution in [0.2, 0.25) is 0 Å². The molecule has 76 valence electrons. The average molecular weight is 186 g/mol. The summed E-state index contributed by atoms with van der Waals surface area (Å²) in [6, 6.07) is 0. The minimum absolute atomic E-state index is 0.109. The summed E-state index contributed by atoms with van der Waals surface area (Å²) < 4.78 is 0. The molecule has 0 aromatic rings. The number of hydrogen-bond donors (Lipinski definition) is 2. The molecule has 0 aliphatic carbocycles. The topological polar surface area (TPSA) is 66.6 Å². The zero-order chi connectivity index (χ0) is 10.1. The van der Waals surface area contributed by atoms with Crippen LogP contribution >= 0.6 is 0 Å². The number of hydrogen-bond acceptors (Lipinski definition) is 3. The third-order valence-electron chi connectivity index (χ3n) is 2.21. The third-order valence-corrected chi connectivity index (χ3v) is 2.21. The van der Waals surface area contributed by atoms with E-state index in [0.29, 0.717) is 26.1 Å². The average Bonchev–Trinajstić information content (AvgIpc) is 2.29. The lowest BCUT2D eigenvalue weighted by molar-refractivity contribution is -0.130. The van der Waals surface area contributed by atoms with Crippen LogP contribution in [-0.2, 0) is 4.79 Å². The molecule has 1 rings (SSSR count). The van der Waals surface area contributed by atoms with Gasteiger partial charge in [0, 0.05) is 19.5 Å². The maximum absolute atomic E-state index is 11.4. The molecular formula is C9H18N2O2. The second-order valence-corrected chi connectivity index (χ2v) is 4.39. The van der Waals surface area contributed by atoms with Crippen molar-refractivity contribution in [1.29, 1.82) is 0 Å². The minimum Gasteiger partial charge on any atom is -0.389 e. The van der Waals surface area contributed by atoms with Gasteiger partial charge in [-0.2, -0.15) is 0 Å². The van der Waals surface area contributed by atoms with Gasteiger partial charge in [-0.3, -0.25) is 4.79 Å². The number of aliphatic hydroxyl groups is 1. The van der Waals surface area contributed by atoms with E-state index >= 15 is 0 Å². The van der Waals surface area contributed by atoms with Crippen molar-refractivity contribution in [3.05, 3.63) is 0 Å². The molecule has 1 unspecified atom stereocenters. The van der Waals surface area contributed by atoms with Crippen molar-refractivity contribution in [2.24, 2.45) is 11.7 Å². The summed E-state index contributed by atoms with van der Waals surface area (Å²) in [4.78, 5) is 13.1. The van der Waals surface area contributed by atoms with Crippen molar-refractivity contribution in [2.75, 3.05) is 19.6 Å². The summed E-state index contributed by atoms with van der Waals surface area (Å²) in [6.45, 7) is 5.06. The Morgan fingerprint density at radius 3 is 2.69 bits per heavy atom. The maximum atomic E-state index is 11.4. The van der Waals surface area contributed by atoms with Gasteiger partial charge < -0.3 is 15.7 Å². The first kappa shape index (κ1) is 10.5. The first-order chi connectivity index (χ1) is 5.92. The van der Waals surface area contributed by atoms with Crippen LogP contribution in [-0.4, -0.2) is 41.1 Å². The monoisotopic (exact) mass is 186 g/mol. The molecule has 3 N–H and O–H groups in total. The van der Waals surface area contributed by atoms with Crippen LogP contribution in [0.5, 0.6) is 0 Å². The van der Waals surface area contributed by atoms with E-state index in [1.165, 1.54) is 0 Å². The lowest BCUT2D eigenvalue weighted by Crippen LogP contribution is -2.39. The Morgan fingerprint density at radius 1 is 1.69 bits per heavy atom. The quantitative estimate of drug-likeness (QED) is 0.628. The van der Waals surface area contributed by atoms with Gasteiger partial charge in [0.15, 0.2) is 0 Å². The van der Waals surface area contributed by atoms with Crippen molar-refractivity contribution >= 4 is 5.91 Å². The van der Waals surface area contributed by atoms with Crippen LogP contribution in [0.25, 0.3) is 0 Å². The van der Waals surface area contributed by atoms with Gasteiger partial charge >= 0.3 is 0 Å². The standard InChI is InChI=1S/C9H18N2O2/c1-9(2,13)6-11-5-7(4-10)3-8(11)12/h7,13H,3-6,10H2,1-2H3.